The van der Waals surface area contributed by atoms with E-state index in [0.717, 1.165) is 28.1 Å². The molecule has 2 heterocycles. The lowest BCUT2D eigenvalue weighted by atomic mass is 9.62. The molecule has 1 spiro atoms. The summed E-state index contributed by atoms with van der Waals surface area (Å²) in [4.78, 5) is 8.00. The maximum absolute atomic E-state index is 5.39. The van der Waals surface area contributed by atoms with Crippen LogP contribution in [0.25, 0.3) is 61.5 Å². The molecule has 3 heteroatoms. The van der Waals surface area contributed by atoms with Crippen LogP contribution in [0.1, 0.15) is 47.2 Å². The van der Waals surface area contributed by atoms with Gasteiger partial charge in [-0.05, 0) is 115 Å². The van der Waals surface area contributed by atoms with Crippen molar-refractivity contribution in [3.05, 3.63) is 215 Å². The highest BCUT2D eigenvalue weighted by molar-refractivity contribution is 7.99. The number of aromatic nitrogens is 2. The van der Waals surface area contributed by atoms with Gasteiger partial charge in [-0.2, -0.15) is 0 Å². The Balaban J connectivity index is 1.26. The van der Waals surface area contributed by atoms with Crippen LogP contribution in [0.5, 0.6) is 0 Å². The van der Waals surface area contributed by atoms with Crippen molar-refractivity contribution in [1.82, 2.24) is 9.55 Å². The first-order valence-electron chi connectivity index (χ1n) is 19.5. The molecule has 0 fully saturated rings. The monoisotopic (exact) mass is 732 g/mol. The van der Waals surface area contributed by atoms with Crippen molar-refractivity contribution in [3.8, 4) is 50.5 Å². The topological polar surface area (TPSA) is 17.8 Å². The van der Waals surface area contributed by atoms with Gasteiger partial charge in [-0.15, -0.1) is 0 Å². The van der Waals surface area contributed by atoms with E-state index in [2.05, 4.69) is 200 Å². The van der Waals surface area contributed by atoms with Gasteiger partial charge in [-0.1, -0.05) is 159 Å². The van der Waals surface area contributed by atoms with E-state index < -0.39 is 5.41 Å². The number of nitrogens with zero attached hydrogens (tertiary/aromatic N) is 2. The van der Waals surface area contributed by atoms with Gasteiger partial charge < -0.3 is 0 Å². The Morgan fingerprint density at radius 3 is 1.82 bits per heavy atom. The summed E-state index contributed by atoms with van der Waals surface area (Å²) >= 11 is 1.92. The van der Waals surface area contributed by atoms with Gasteiger partial charge in [0.05, 0.1) is 16.4 Å². The molecule has 1 aliphatic heterocycles. The van der Waals surface area contributed by atoms with E-state index in [1.807, 2.05) is 11.8 Å². The smallest absolute Gasteiger partial charge is 0.145 e. The number of para-hydroxylation sites is 3. The van der Waals surface area contributed by atoms with Crippen molar-refractivity contribution in [2.45, 2.75) is 34.5 Å². The van der Waals surface area contributed by atoms with Crippen molar-refractivity contribution in [1.29, 1.82) is 0 Å². The van der Waals surface area contributed by atoms with Gasteiger partial charge in [0.25, 0.3) is 0 Å². The summed E-state index contributed by atoms with van der Waals surface area (Å²) in [6.45, 7) is 4.78. The minimum absolute atomic E-state index is 0.106. The molecule has 0 N–H and O–H groups in total. The number of rotatable bonds is 2. The molecule has 0 saturated heterocycles. The van der Waals surface area contributed by atoms with E-state index in [1.165, 1.54) is 76.6 Å². The number of imidazole rings is 1. The third-order valence-electron chi connectivity index (χ3n) is 12.7. The summed E-state index contributed by atoms with van der Waals surface area (Å²) in [6, 6.07) is 67.8. The molecule has 1 atom stereocenters. The average molecular weight is 733 g/mol. The Hall–Kier alpha value is -6.42. The Bertz CT molecular complexity index is 3100. The largest absolute Gasteiger partial charge is 0.292 e. The molecule has 0 amide bonds. The third kappa shape index (κ3) is 4.16. The lowest BCUT2D eigenvalue weighted by Gasteiger charge is -2.43. The standard InChI is InChI=1S/C53H36N2S/c1-52(2)41-22-10-8-21-38(41)40-31-46-50(32-44(40)52)56-49-27-15-12-24-43(49)53(46)42-23-11-9-20-37(42)35-18-6-7-19-36(35)39-29-28-33(30-45(39)53)51-54-47-25-13-14-26-48(47)55(51)34-16-4-3-5-17-34/h3-32H,1-2H3. The maximum atomic E-state index is 5.39. The fraction of sp³-hybridized carbons (Fsp3) is 0.0755. The Labute approximate surface area is 331 Å². The lowest BCUT2D eigenvalue weighted by Crippen LogP contribution is -2.35. The minimum atomic E-state index is -0.640. The molecule has 0 saturated carbocycles. The normalized spacial score (nSPS) is 16.5. The second-order valence-corrected chi connectivity index (χ2v) is 16.9. The van der Waals surface area contributed by atoms with Crippen LogP contribution in [0.2, 0.25) is 0 Å². The maximum Gasteiger partial charge on any atom is 0.145 e. The van der Waals surface area contributed by atoms with Crippen LogP contribution < -0.4 is 0 Å². The van der Waals surface area contributed by atoms with E-state index in [0.29, 0.717) is 0 Å². The van der Waals surface area contributed by atoms with Gasteiger partial charge >= 0.3 is 0 Å². The van der Waals surface area contributed by atoms with Crippen LogP contribution in [0.4, 0.5) is 0 Å². The molecule has 1 unspecified atom stereocenters. The molecule has 0 bridgehead atoms. The van der Waals surface area contributed by atoms with E-state index >= 15 is 0 Å². The summed E-state index contributed by atoms with van der Waals surface area (Å²) < 4.78 is 2.33. The summed E-state index contributed by atoms with van der Waals surface area (Å²) in [7, 11) is 0. The number of hydrogen-bond acceptors (Lipinski definition) is 2. The van der Waals surface area contributed by atoms with Gasteiger partial charge in [0.2, 0.25) is 0 Å². The molecular weight excluding hydrogens is 697 g/mol. The SMILES string of the molecule is CC1(C)c2ccccc2-c2cc3c(cc21)Sc1ccccc1C31c2ccccc2-c2ccccc2-c2ccc(-c3nc4ccccc4n3-c3ccccc3)cc21. The van der Waals surface area contributed by atoms with Crippen molar-refractivity contribution in [2.24, 2.45) is 0 Å². The Morgan fingerprint density at radius 2 is 1.04 bits per heavy atom. The van der Waals surface area contributed by atoms with E-state index in [1.54, 1.807) is 0 Å². The first-order chi connectivity index (χ1) is 27.5. The molecule has 264 valence electrons. The Morgan fingerprint density at radius 1 is 0.429 bits per heavy atom. The summed E-state index contributed by atoms with van der Waals surface area (Å²) in [5.41, 5.74) is 19.2. The molecule has 12 rings (SSSR count). The summed E-state index contributed by atoms with van der Waals surface area (Å²) in [5.74, 6) is 0.935. The number of benzene rings is 8. The van der Waals surface area contributed by atoms with Crippen LogP contribution in [0.15, 0.2) is 192 Å². The third-order valence-corrected chi connectivity index (χ3v) is 13.8. The van der Waals surface area contributed by atoms with Crippen LogP contribution >= 0.6 is 11.8 Å². The van der Waals surface area contributed by atoms with Crippen molar-refractivity contribution in [2.75, 3.05) is 0 Å². The van der Waals surface area contributed by atoms with Crippen LogP contribution in [-0.2, 0) is 10.8 Å². The Kier molecular flexibility index (Phi) is 6.58. The average Bonchev–Trinajstić information content (AvgIpc) is 3.71. The summed E-state index contributed by atoms with van der Waals surface area (Å²) in [6.07, 6.45) is 0. The van der Waals surface area contributed by atoms with Gasteiger partial charge in [-0.25, -0.2) is 4.98 Å². The van der Waals surface area contributed by atoms with E-state index in [9.17, 15) is 0 Å². The first-order valence-corrected chi connectivity index (χ1v) is 20.3. The highest BCUT2D eigenvalue weighted by Crippen LogP contribution is 2.63. The molecule has 2 nitrogen and oxygen atoms in total. The molecule has 2 aliphatic carbocycles. The van der Waals surface area contributed by atoms with Crippen LogP contribution in [0, 0.1) is 0 Å². The highest BCUT2D eigenvalue weighted by atomic mass is 32.2. The molecular formula is C53H36N2S. The second-order valence-electron chi connectivity index (χ2n) is 15.9. The molecule has 0 radical (unpaired) electrons. The molecule has 8 aromatic carbocycles. The molecule has 1 aromatic heterocycles. The van der Waals surface area contributed by atoms with E-state index in [4.69, 9.17) is 4.98 Å². The zero-order valence-corrected chi connectivity index (χ0v) is 31.9. The zero-order valence-electron chi connectivity index (χ0n) is 31.1. The van der Waals surface area contributed by atoms with Gasteiger partial charge in [0.15, 0.2) is 0 Å². The second kappa shape index (κ2) is 11.6. The predicted octanol–water partition coefficient (Wildman–Crippen LogP) is 13.5. The fourth-order valence-electron chi connectivity index (χ4n) is 10.2. The highest BCUT2D eigenvalue weighted by Gasteiger charge is 2.50. The number of hydrogen-bond donors (Lipinski definition) is 0. The van der Waals surface area contributed by atoms with Crippen LogP contribution in [0.3, 0.4) is 0 Å². The van der Waals surface area contributed by atoms with Crippen molar-refractivity contribution < 1.29 is 0 Å². The fourth-order valence-corrected chi connectivity index (χ4v) is 11.5. The zero-order chi connectivity index (χ0) is 37.2. The number of fused-ring (bicyclic) bond motifs is 15. The van der Waals surface area contributed by atoms with Crippen LogP contribution in [-0.4, -0.2) is 9.55 Å². The van der Waals surface area contributed by atoms with Gasteiger partial charge in [0, 0.05) is 26.5 Å². The quantitative estimate of drug-likeness (QED) is 0.176. The van der Waals surface area contributed by atoms with Crippen molar-refractivity contribution in [3.63, 3.8) is 0 Å². The van der Waals surface area contributed by atoms with E-state index in [-0.39, 0.29) is 5.41 Å². The minimum Gasteiger partial charge on any atom is -0.292 e. The predicted molar refractivity (Wildman–Crippen MR) is 231 cm³/mol. The molecule has 3 aliphatic rings. The summed E-state index contributed by atoms with van der Waals surface area (Å²) in [5, 5.41) is 0. The molecule has 9 aromatic rings. The van der Waals surface area contributed by atoms with Gasteiger partial charge in [0.1, 0.15) is 5.82 Å². The van der Waals surface area contributed by atoms with Gasteiger partial charge in [-0.3, -0.25) is 4.57 Å². The van der Waals surface area contributed by atoms with Crippen molar-refractivity contribution >= 4 is 22.8 Å². The first kappa shape index (κ1) is 31.9. The lowest BCUT2D eigenvalue weighted by molar-refractivity contribution is 0.653. The molecule has 56 heavy (non-hydrogen) atoms.